The van der Waals surface area contributed by atoms with Crippen LogP contribution in [0.25, 0.3) is 11.4 Å². The average molecular weight is 355 g/mol. The van der Waals surface area contributed by atoms with Gasteiger partial charge < -0.3 is 9.47 Å². The van der Waals surface area contributed by atoms with E-state index in [0.29, 0.717) is 22.3 Å². The minimum atomic E-state index is -0.283. The van der Waals surface area contributed by atoms with Gasteiger partial charge in [-0.15, -0.1) is 5.10 Å². The number of nitrogens with zero attached hydrogens (tertiary/aromatic N) is 3. The van der Waals surface area contributed by atoms with Crippen LogP contribution in [0.2, 0.25) is 0 Å². The fourth-order valence-corrected chi connectivity index (χ4v) is 2.83. The Hall–Kier alpha value is -2.80. The lowest BCUT2D eigenvalue weighted by Gasteiger charge is -2.07. The zero-order valence-electron chi connectivity index (χ0n) is 14.1. The Kier molecular flexibility index (Phi) is 5.04. The third-order valence-electron chi connectivity index (χ3n) is 3.64. The van der Waals surface area contributed by atoms with Crippen LogP contribution >= 0.6 is 11.8 Å². The summed E-state index contributed by atoms with van der Waals surface area (Å²) in [5.41, 5.74) is 1.24. The van der Waals surface area contributed by atoms with E-state index in [0.717, 1.165) is 11.3 Å². The molecule has 0 radical (unpaired) electrons. The van der Waals surface area contributed by atoms with Crippen molar-refractivity contribution in [3.63, 3.8) is 0 Å². The Labute approximate surface area is 149 Å². The van der Waals surface area contributed by atoms with Gasteiger partial charge in [0.25, 0.3) is 5.91 Å². The third kappa shape index (κ3) is 3.36. The summed E-state index contributed by atoms with van der Waals surface area (Å²) in [6.45, 7) is 0. The second-order valence-electron chi connectivity index (χ2n) is 5.07. The summed E-state index contributed by atoms with van der Waals surface area (Å²) >= 11 is 1.36. The van der Waals surface area contributed by atoms with Crippen molar-refractivity contribution >= 4 is 17.7 Å². The van der Waals surface area contributed by atoms with E-state index >= 15 is 0 Å². The average Bonchev–Trinajstić information content (AvgIpc) is 3.11. The van der Waals surface area contributed by atoms with Crippen molar-refractivity contribution in [1.82, 2.24) is 14.8 Å². The van der Waals surface area contributed by atoms with Gasteiger partial charge in [-0.3, -0.25) is 4.79 Å². The Morgan fingerprint density at radius 1 is 1.04 bits per heavy atom. The first-order valence-corrected chi connectivity index (χ1v) is 8.73. The molecule has 2 aromatic carbocycles. The lowest BCUT2D eigenvalue weighted by molar-refractivity contribution is 0.0930. The fourth-order valence-electron chi connectivity index (χ4n) is 2.36. The maximum absolute atomic E-state index is 12.9. The number of thioether (sulfide) groups is 1. The number of hydrogen-bond donors (Lipinski definition) is 0. The summed E-state index contributed by atoms with van der Waals surface area (Å²) in [4.78, 5) is 17.4. The van der Waals surface area contributed by atoms with Crippen LogP contribution in [0, 0.1) is 0 Å². The maximum Gasteiger partial charge on any atom is 0.284 e. The molecule has 0 aliphatic carbocycles. The standard InChI is InChI=1S/C18H17N3O3S/c1-23-13-10-8-12(9-11-13)16-19-18(25-3)21(20-16)17(22)14-6-4-5-7-15(14)24-2/h4-11H,1-3H3. The van der Waals surface area contributed by atoms with Crippen LogP contribution < -0.4 is 9.47 Å². The molecule has 0 unspecified atom stereocenters. The molecule has 6 nitrogen and oxygen atoms in total. The molecule has 0 spiro atoms. The summed E-state index contributed by atoms with van der Waals surface area (Å²) in [6, 6.07) is 14.4. The minimum absolute atomic E-state index is 0.283. The highest BCUT2D eigenvalue weighted by Gasteiger charge is 2.20. The molecule has 0 bridgehead atoms. The molecule has 0 atom stereocenters. The van der Waals surface area contributed by atoms with Gasteiger partial charge in [0.2, 0.25) is 0 Å². The number of carbonyl (C=O) groups is 1. The van der Waals surface area contributed by atoms with Gasteiger partial charge in [0.1, 0.15) is 11.5 Å². The summed E-state index contributed by atoms with van der Waals surface area (Å²) in [5, 5.41) is 4.91. The number of rotatable bonds is 5. The highest BCUT2D eigenvalue weighted by Crippen LogP contribution is 2.25. The minimum Gasteiger partial charge on any atom is -0.497 e. The largest absolute Gasteiger partial charge is 0.497 e. The highest BCUT2D eigenvalue weighted by atomic mass is 32.2. The number of hydrogen-bond acceptors (Lipinski definition) is 6. The van der Waals surface area contributed by atoms with Gasteiger partial charge in [-0.05, 0) is 42.7 Å². The van der Waals surface area contributed by atoms with Crippen LogP contribution in [0.1, 0.15) is 10.4 Å². The summed E-state index contributed by atoms with van der Waals surface area (Å²) < 4.78 is 11.7. The first-order valence-electron chi connectivity index (χ1n) is 7.51. The molecule has 1 aromatic heterocycles. The van der Waals surface area contributed by atoms with Crippen molar-refractivity contribution in [2.75, 3.05) is 20.5 Å². The lowest BCUT2D eigenvalue weighted by Crippen LogP contribution is -2.15. The SMILES string of the molecule is COc1ccc(-c2nc(SC)n(C(=O)c3ccccc3OC)n2)cc1. The van der Waals surface area contributed by atoms with E-state index in [-0.39, 0.29) is 5.91 Å². The molecule has 0 N–H and O–H groups in total. The van der Waals surface area contributed by atoms with E-state index < -0.39 is 0 Å². The summed E-state index contributed by atoms with van der Waals surface area (Å²) in [7, 11) is 3.14. The maximum atomic E-state index is 12.9. The molecular formula is C18H17N3O3S. The Morgan fingerprint density at radius 2 is 1.76 bits per heavy atom. The van der Waals surface area contributed by atoms with Crippen LogP contribution in [-0.2, 0) is 0 Å². The molecule has 25 heavy (non-hydrogen) atoms. The quantitative estimate of drug-likeness (QED) is 0.654. The summed E-state index contributed by atoms with van der Waals surface area (Å²) in [5.74, 6) is 1.45. The molecule has 0 saturated carbocycles. The predicted molar refractivity (Wildman–Crippen MR) is 96.5 cm³/mol. The van der Waals surface area contributed by atoms with E-state index in [1.807, 2.05) is 36.6 Å². The molecular weight excluding hydrogens is 338 g/mol. The zero-order chi connectivity index (χ0) is 17.8. The zero-order valence-corrected chi connectivity index (χ0v) is 14.9. The fraction of sp³-hybridized carbons (Fsp3) is 0.167. The van der Waals surface area contributed by atoms with E-state index in [2.05, 4.69) is 10.1 Å². The van der Waals surface area contributed by atoms with Gasteiger partial charge >= 0.3 is 0 Å². The normalized spacial score (nSPS) is 10.5. The highest BCUT2D eigenvalue weighted by molar-refractivity contribution is 7.98. The smallest absolute Gasteiger partial charge is 0.284 e. The van der Waals surface area contributed by atoms with Crippen molar-refractivity contribution in [3.05, 3.63) is 54.1 Å². The lowest BCUT2D eigenvalue weighted by atomic mass is 10.2. The van der Waals surface area contributed by atoms with Crippen molar-refractivity contribution in [2.45, 2.75) is 5.16 Å². The monoisotopic (exact) mass is 355 g/mol. The Balaban J connectivity index is 2.01. The molecule has 0 aliphatic heterocycles. The molecule has 1 heterocycles. The van der Waals surface area contributed by atoms with Crippen molar-refractivity contribution in [1.29, 1.82) is 0 Å². The van der Waals surface area contributed by atoms with Gasteiger partial charge in [0, 0.05) is 5.56 Å². The van der Waals surface area contributed by atoms with Crippen molar-refractivity contribution in [3.8, 4) is 22.9 Å². The van der Waals surface area contributed by atoms with E-state index in [9.17, 15) is 4.79 Å². The molecule has 0 saturated heterocycles. The van der Waals surface area contributed by atoms with E-state index in [4.69, 9.17) is 9.47 Å². The van der Waals surface area contributed by atoms with Crippen LogP contribution in [0.3, 0.4) is 0 Å². The second-order valence-corrected chi connectivity index (χ2v) is 5.84. The Bertz CT molecular complexity index is 891. The molecule has 0 aliphatic rings. The number of carbonyl (C=O) groups excluding carboxylic acids is 1. The van der Waals surface area contributed by atoms with Gasteiger partial charge in [-0.25, -0.2) is 4.98 Å². The first-order chi connectivity index (χ1) is 12.2. The first kappa shape index (κ1) is 17.0. The molecule has 0 amide bonds. The Morgan fingerprint density at radius 3 is 2.40 bits per heavy atom. The molecule has 7 heteroatoms. The van der Waals surface area contributed by atoms with E-state index in [1.165, 1.54) is 23.6 Å². The van der Waals surface area contributed by atoms with Crippen molar-refractivity contribution < 1.29 is 14.3 Å². The topological polar surface area (TPSA) is 66.2 Å². The predicted octanol–water partition coefficient (Wildman–Crippen LogP) is 3.37. The molecule has 128 valence electrons. The van der Waals surface area contributed by atoms with Gasteiger partial charge in [-0.2, -0.15) is 4.68 Å². The van der Waals surface area contributed by atoms with Gasteiger partial charge in [0.15, 0.2) is 11.0 Å². The molecule has 3 rings (SSSR count). The third-order valence-corrected chi connectivity index (χ3v) is 4.27. The number of aromatic nitrogens is 3. The number of benzene rings is 2. The number of ether oxygens (including phenoxy) is 2. The van der Waals surface area contributed by atoms with Gasteiger partial charge in [-0.1, -0.05) is 23.9 Å². The second kappa shape index (κ2) is 7.40. The van der Waals surface area contributed by atoms with Crippen LogP contribution in [-0.4, -0.2) is 41.1 Å². The van der Waals surface area contributed by atoms with Gasteiger partial charge in [0.05, 0.1) is 19.8 Å². The van der Waals surface area contributed by atoms with Crippen LogP contribution in [0.5, 0.6) is 11.5 Å². The van der Waals surface area contributed by atoms with Crippen LogP contribution in [0.15, 0.2) is 53.7 Å². The summed E-state index contributed by atoms with van der Waals surface area (Å²) in [6.07, 6.45) is 1.85. The molecule has 3 aromatic rings. The van der Waals surface area contributed by atoms with E-state index in [1.54, 1.807) is 25.3 Å². The number of methoxy groups -OCH3 is 2. The van der Waals surface area contributed by atoms with Crippen LogP contribution in [0.4, 0.5) is 0 Å². The number of para-hydroxylation sites is 1. The molecule has 0 fully saturated rings. The van der Waals surface area contributed by atoms with Crippen molar-refractivity contribution in [2.24, 2.45) is 0 Å².